The van der Waals surface area contributed by atoms with Crippen LogP contribution in [0.3, 0.4) is 0 Å². The van der Waals surface area contributed by atoms with Gasteiger partial charge < -0.3 is 10.2 Å². The SMILES string of the molecule is O=C1C(Cl)=CC(=C2N=C(c3ccc(O)cc3)C(c3ccc(O)cc3)=N2)C=C1Cl. The first-order chi connectivity index (χ1) is 13.4. The van der Waals surface area contributed by atoms with Crippen molar-refractivity contribution in [3.63, 3.8) is 0 Å². The maximum absolute atomic E-state index is 11.8. The van der Waals surface area contributed by atoms with Gasteiger partial charge in [0.2, 0.25) is 5.78 Å². The van der Waals surface area contributed by atoms with Crippen molar-refractivity contribution >= 4 is 40.4 Å². The van der Waals surface area contributed by atoms with Gasteiger partial charge in [0.05, 0.1) is 21.5 Å². The molecule has 2 aromatic rings. The van der Waals surface area contributed by atoms with Crippen LogP contribution in [-0.2, 0) is 4.79 Å². The van der Waals surface area contributed by atoms with Crippen LogP contribution < -0.4 is 0 Å². The van der Waals surface area contributed by atoms with Crippen molar-refractivity contribution < 1.29 is 15.0 Å². The third kappa shape index (κ3) is 3.38. The Morgan fingerprint density at radius 3 is 1.46 bits per heavy atom. The summed E-state index contributed by atoms with van der Waals surface area (Å²) >= 11 is 12.0. The minimum Gasteiger partial charge on any atom is -0.508 e. The summed E-state index contributed by atoms with van der Waals surface area (Å²) in [6.45, 7) is 0. The summed E-state index contributed by atoms with van der Waals surface area (Å²) in [7, 11) is 0. The number of carbonyl (C=O) groups is 1. The van der Waals surface area contributed by atoms with E-state index in [2.05, 4.69) is 9.98 Å². The quantitative estimate of drug-likeness (QED) is 0.767. The zero-order chi connectivity index (χ0) is 19.8. The number of rotatable bonds is 2. The van der Waals surface area contributed by atoms with E-state index in [9.17, 15) is 15.0 Å². The van der Waals surface area contributed by atoms with E-state index in [1.807, 2.05) is 0 Å². The molecule has 2 aliphatic rings. The van der Waals surface area contributed by atoms with Gasteiger partial charge in [0, 0.05) is 16.7 Å². The van der Waals surface area contributed by atoms with Gasteiger partial charge in [-0.25, -0.2) is 9.98 Å². The van der Waals surface area contributed by atoms with E-state index >= 15 is 0 Å². The molecule has 0 unspecified atom stereocenters. The zero-order valence-corrected chi connectivity index (χ0v) is 15.7. The Labute approximate surface area is 170 Å². The average Bonchev–Trinajstić information content (AvgIpc) is 3.12. The van der Waals surface area contributed by atoms with E-state index in [0.29, 0.717) is 22.8 Å². The monoisotopic (exact) mass is 410 g/mol. The van der Waals surface area contributed by atoms with Crippen LogP contribution in [0.4, 0.5) is 0 Å². The Balaban J connectivity index is 1.89. The molecule has 0 radical (unpaired) electrons. The van der Waals surface area contributed by atoms with Crippen LogP contribution in [-0.4, -0.2) is 27.4 Å². The Hall–Kier alpha value is -3.15. The van der Waals surface area contributed by atoms with E-state index in [4.69, 9.17) is 23.2 Å². The molecule has 0 spiro atoms. The summed E-state index contributed by atoms with van der Waals surface area (Å²) in [6, 6.07) is 13.2. The molecule has 1 aliphatic heterocycles. The standard InChI is InChI=1S/C21H12Cl2N2O3/c22-16-9-13(10-17(23)20(16)28)21-24-18(11-1-5-14(26)6-2-11)19(25-21)12-3-7-15(27)8-4-12/h1-10,26-27H. The van der Waals surface area contributed by atoms with E-state index in [0.717, 1.165) is 11.1 Å². The Morgan fingerprint density at radius 2 is 1.07 bits per heavy atom. The highest BCUT2D eigenvalue weighted by molar-refractivity contribution is 6.56. The Morgan fingerprint density at radius 1 is 0.679 bits per heavy atom. The van der Waals surface area contributed by atoms with Crippen LogP contribution in [0, 0.1) is 0 Å². The van der Waals surface area contributed by atoms with Crippen molar-refractivity contribution in [2.45, 2.75) is 0 Å². The highest BCUT2D eigenvalue weighted by atomic mass is 35.5. The zero-order valence-electron chi connectivity index (χ0n) is 14.2. The molecule has 0 aromatic heterocycles. The van der Waals surface area contributed by atoms with E-state index < -0.39 is 5.78 Å². The van der Waals surface area contributed by atoms with Crippen molar-refractivity contribution in [1.29, 1.82) is 0 Å². The fourth-order valence-electron chi connectivity index (χ4n) is 2.80. The molecule has 1 heterocycles. The molecule has 0 bridgehead atoms. The number of hydrogen-bond acceptors (Lipinski definition) is 5. The van der Waals surface area contributed by atoms with Gasteiger partial charge in [0.15, 0.2) is 5.82 Å². The molecule has 0 atom stereocenters. The number of aliphatic imine (C=N–C) groups is 2. The first-order valence-corrected chi connectivity index (χ1v) is 8.98. The third-order valence-electron chi connectivity index (χ3n) is 4.20. The number of phenols is 2. The summed E-state index contributed by atoms with van der Waals surface area (Å²) < 4.78 is 0. The molecular formula is C21H12Cl2N2O3. The largest absolute Gasteiger partial charge is 0.508 e. The van der Waals surface area contributed by atoms with Gasteiger partial charge in [0.25, 0.3) is 0 Å². The molecule has 2 N–H and O–H groups in total. The number of hydrogen-bond donors (Lipinski definition) is 2. The topological polar surface area (TPSA) is 82.2 Å². The second kappa shape index (κ2) is 7.11. The second-order valence-electron chi connectivity index (χ2n) is 6.11. The number of ketones is 1. The number of carbonyl (C=O) groups excluding carboxylic acids is 1. The minimum absolute atomic E-state index is 0.00957. The molecule has 2 aromatic carbocycles. The van der Waals surface area contributed by atoms with Gasteiger partial charge in [-0.05, 0) is 60.7 Å². The summed E-state index contributed by atoms with van der Waals surface area (Å²) in [5.41, 5.74) is 3.17. The van der Waals surface area contributed by atoms with Crippen LogP contribution in [0.5, 0.6) is 11.5 Å². The first-order valence-electron chi connectivity index (χ1n) is 8.22. The number of allylic oxidation sites excluding steroid dienone is 5. The lowest BCUT2D eigenvalue weighted by Gasteiger charge is -2.06. The fraction of sp³-hybridized carbons (Fsp3) is 0. The van der Waals surface area contributed by atoms with E-state index in [1.165, 1.54) is 12.2 Å². The van der Waals surface area contributed by atoms with Crippen LogP contribution in [0.2, 0.25) is 0 Å². The third-order valence-corrected chi connectivity index (χ3v) is 4.76. The average molecular weight is 411 g/mol. The smallest absolute Gasteiger partial charge is 0.215 e. The molecule has 138 valence electrons. The Bertz CT molecular complexity index is 1050. The second-order valence-corrected chi connectivity index (χ2v) is 6.92. The summed E-state index contributed by atoms with van der Waals surface area (Å²) in [6.07, 6.45) is 2.96. The predicted molar refractivity (Wildman–Crippen MR) is 109 cm³/mol. The summed E-state index contributed by atoms with van der Waals surface area (Å²) in [5, 5.41) is 19.1. The highest BCUT2D eigenvalue weighted by Crippen LogP contribution is 2.30. The van der Waals surface area contributed by atoms with Crippen LogP contribution in [0.1, 0.15) is 11.1 Å². The molecule has 0 saturated heterocycles. The van der Waals surface area contributed by atoms with E-state index in [1.54, 1.807) is 48.5 Å². The Kier molecular flexibility index (Phi) is 4.63. The molecule has 1 aliphatic carbocycles. The minimum atomic E-state index is -0.448. The van der Waals surface area contributed by atoms with E-state index in [-0.39, 0.29) is 21.6 Å². The van der Waals surface area contributed by atoms with Crippen LogP contribution in [0.25, 0.3) is 0 Å². The molecule has 28 heavy (non-hydrogen) atoms. The van der Waals surface area contributed by atoms with Crippen LogP contribution in [0.15, 0.2) is 92.1 Å². The van der Waals surface area contributed by atoms with Crippen molar-refractivity contribution in [1.82, 2.24) is 0 Å². The maximum Gasteiger partial charge on any atom is 0.215 e. The van der Waals surface area contributed by atoms with Gasteiger partial charge in [-0.15, -0.1) is 0 Å². The number of nitrogens with zero attached hydrogens (tertiary/aromatic N) is 2. The van der Waals surface area contributed by atoms with Gasteiger partial charge in [-0.3, -0.25) is 4.79 Å². The number of halogens is 2. The molecular weight excluding hydrogens is 399 g/mol. The number of phenolic OH excluding ortho intramolecular Hbond substituents is 2. The molecule has 0 amide bonds. The fourth-order valence-corrected chi connectivity index (χ4v) is 3.29. The lowest BCUT2D eigenvalue weighted by Crippen LogP contribution is -2.13. The van der Waals surface area contributed by atoms with Gasteiger partial charge >= 0.3 is 0 Å². The number of aromatic hydroxyl groups is 2. The lowest BCUT2D eigenvalue weighted by molar-refractivity contribution is -0.111. The van der Waals surface area contributed by atoms with Crippen molar-refractivity contribution in [3.05, 3.63) is 93.3 Å². The molecule has 0 saturated carbocycles. The lowest BCUT2D eigenvalue weighted by atomic mass is 10.00. The number of Topliss-reactive ketones (excluding diaryl/α,β-unsaturated/α-hetero) is 1. The van der Waals surface area contributed by atoms with Crippen molar-refractivity contribution in [2.75, 3.05) is 0 Å². The first kappa shape index (κ1) is 18.2. The normalized spacial score (nSPS) is 16.6. The predicted octanol–water partition coefficient (Wildman–Crippen LogP) is 4.43. The maximum atomic E-state index is 11.8. The highest BCUT2D eigenvalue weighted by Gasteiger charge is 2.25. The summed E-state index contributed by atoms with van der Waals surface area (Å²) in [4.78, 5) is 21.0. The number of benzene rings is 2. The molecule has 7 heteroatoms. The van der Waals surface area contributed by atoms with Gasteiger partial charge in [-0.1, -0.05) is 23.2 Å². The van der Waals surface area contributed by atoms with Crippen molar-refractivity contribution in [3.8, 4) is 11.5 Å². The molecule has 0 fully saturated rings. The summed E-state index contributed by atoms with van der Waals surface area (Å²) in [5.74, 6) is 0.185. The van der Waals surface area contributed by atoms with Crippen molar-refractivity contribution in [2.24, 2.45) is 9.98 Å². The molecule has 4 rings (SSSR count). The van der Waals surface area contributed by atoms with Crippen LogP contribution >= 0.6 is 23.2 Å². The van der Waals surface area contributed by atoms with Gasteiger partial charge in [0.1, 0.15) is 11.5 Å². The van der Waals surface area contributed by atoms with Gasteiger partial charge in [-0.2, -0.15) is 0 Å². The molecule has 5 nitrogen and oxygen atoms in total.